The molecule has 0 saturated heterocycles. The van der Waals surface area contributed by atoms with Crippen molar-refractivity contribution in [1.82, 2.24) is 33.7 Å². The van der Waals surface area contributed by atoms with Crippen molar-refractivity contribution in [1.29, 1.82) is 0 Å². The van der Waals surface area contributed by atoms with Gasteiger partial charge in [-0.15, -0.1) is 36.4 Å². The van der Waals surface area contributed by atoms with Gasteiger partial charge in [-0.3, -0.25) is 13.9 Å². The van der Waals surface area contributed by atoms with Crippen LogP contribution in [0.5, 0.6) is 0 Å². The molecule has 0 amide bonds. The standard InChI is InChI=1S/C47H30N8.Pt/c1-5-21-42-38(17-1)39-18-2-6-22-43(39)54(42)37-31-46(50-47(32-37)55-44-23-7-3-19-40(44)41-20-4-8-24-45(41)55)53(35-15-9-13-33(29-35)51-27-11-25-48-51)36-16-10-14-34(30-36)52-28-12-26-49-52;/h1-28,31-32H;/q-2;+2. The largest absolute Gasteiger partial charge is 2.00 e. The molecule has 0 spiro atoms. The normalized spacial score (nSPS) is 11.4. The topological polar surface area (TPSA) is 61.6 Å². The Balaban J connectivity index is 0.00000384. The Morgan fingerprint density at radius 2 is 0.893 bits per heavy atom. The van der Waals surface area contributed by atoms with Gasteiger partial charge in [0.05, 0.1) is 27.8 Å². The molecule has 0 N–H and O–H groups in total. The number of para-hydroxylation sites is 4. The van der Waals surface area contributed by atoms with Crippen molar-refractivity contribution in [3.8, 4) is 22.9 Å². The first-order chi connectivity index (χ1) is 27.3. The fraction of sp³-hybridized carbons (Fsp3) is 0. The molecule has 268 valence electrons. The van der Waals surface area contributed by atoms with Crippen molar-refractivity contribution >= 4 is 60.8 Å². The van der Waals surface area contributed by atoms with Gasteiger partial charge in [-0.2, -0.15) is 22.3 Å². The van der Waals surface area contributed by atoms with Crippen LogP contribution in [0.25, 0.3) is 66.5 Å². The van der Waals surface area contributed by atoms with E-state index in [0.717, 1.165) is 56.3 Å². The second-order valence-electron chi connectivity index (χ2n) is 13.4. The Hall–Kier alpha value is -7.02. The molecule has 11 rings (SSSR count). The van der Waals surface area contributed by atoms with Crippen molar-refractivity contribution in [2.75, 3.05) is 4.90 Å². The van der Waals surface area contributed by atoms with Crippen molar-refractivity contribution in [2.45, 2.75) is 0 Å². The van der Waals surface area contributed by atoms with E-state index in [0.29, 0.717) is 5.82 Å². The van der Waals surface area contributed by atoms with E-state index in [1.54, 1.807) is 12.4 Å². The van der Waals surface area contributed by atoms with Gasteiger partial charge < -0.3 is 9.47 Å². The number of benzene rings is 6. The van der Waals surface area contributed by atoms with Crippen LogP contribution in [-0.2, 0) is 21.1 Å². The van der Waals surface area contributed by atoms with Crippen LogP contribution >= 0.6 is 0 Å². The molecule has 0 atom stereocenters. The van der Waals surface area contributed by atoms with Gasteiger partial charge in [-0.1, -0.05) is 84.2 Å². The molecule has 8 nitrogen and oxygen atoms in total. The number of nitrogens with zero attached hydrogens (tertiary/aromatic N) is 8. The summed E-state index contributed by atoms with van der Waals surface area (Å²) in [5, 5.41) is 13.7. The maximum Gasteiger partial charge on any atom is 2.00 e. The third-order valence-electron chi connectivity index (χ3n) is 10.2. The van der Waals surface area contributed by atoms with E-state index < -0.39 is 0 Å². The Kier molecular flexibility index (Phi) is 8.19. The first-order valence-electron chi connectivity index (χ1n) is 18.1. The number of hydrogen-bond donors (Lipinski definition) is 0. The molecule has 0 fully saturated rings. The zero-order valence-corrected chi connectivity index (χ0v) is 32.0. The minimum atomic E-state index is 0. The summed E-state index contributed by atoms with van der Waals surface area (Å²) in [5.41, 5.74) is 8.51. The van der Waals surface area contributed by atoms with E-state index in [1.807, 2.05) is 58.2 Å². The minimum Gasteiger partial charge on any atom is -0.343 e. The summed E-state index contributed by atoms with van der Waals surface area (Å²) in [6.07, 6.45) is 7.39. The summed E-state index contributed by atoms with van der Waals surface area (Å²) in [4.78, 5) is 7.69. The molecule has 0 radical (unpaired) electrons. The van der Waals surface area contributed by atoms with Gasteiger partial charge in [0, 0.05) is 58.5 Å². The molecular formula is C47H30N8Pt. The van der Waals surface area contributed by atoms with Crippen LogP contribution in [0, 0.1) is 12.1 Å². The fourth-order valence-electron chi connectivity index (χ4n) is 7.83. The SMILES string of the molecule is [Pt+2].[c-]1c(N(c2[c-]c(-n3cccn3)ccc2)c2cc(-n3c4ccccc4c4ccccc43)cc(-n3c4ccccc4c4ccccc43)n2)cccc1-n1cccn1. The summed E-state index contributed by atoms with van der Waals surface area (Å²) in [5.74, 6) is 1.47. The maximum atomic E-state index is 5.57. The van der Waals surface area contributed by atoms with Gasteiger partial charge in [0.1, 0.15) is 11.6 Å². The second-order valence-corrected chi connectivity index (χ2v) is 13.4. The van der Waals surface area contributed by atoms with E-state index in [-0.39, 0.29) is 21.1 Å². The van der Waals surface area contributed by atoms with Gasteiger partial charge in [0.25, 0.3) is 0 Å². The van der Waals surface area contributed by atoms with Crippen LogP contribution in [0.3, 0.4) is 0 Å². The van der Waals surface area contributed by atoms with Crippen LogP contribution < -0.4 is 4.90 Å². The van der Waals surface area contributed by atoms with Crippen molar-refractivity contribution in [3.63, 3.8) is 0 Å². The zero-order valence-electron chi connectivity index (χ0n) is 29.7. The van der Waals surface area contributed by atoms with Gasteiger partial charge >= 0.3 is 21.1 Å². The van der Waals surface area contributed by atoms with Crippen molar-refractivity contribution < 1.29 is 21.1 Å². The molecule has 11 aromatic rings. The van der Waals surface area contributed by atoms with E-state index in [1.165, 1.54) is 21.5 Å². The summed E-state index contributed by atoms with van der Waals surface area (Å²) in [7, 11) is 0. The van der Waals surface area contributed by atoms with Crippen LogP contribution in [-0.4, -0.2) is 33.7 Å². The van der Waals surface area contributed by atoms with Crippen LogP contribution in [0.15, 0.2) is 183 Å². The van der Waals surface area contributed by atoms with Gasteiger partial charge in [0.2, 0.25) is 0 Å². The van der Waals surface area contributed by atoms with E-state index in [4.69, 9.17) is 4.98 Å². The molecule has 0 saturated carbocycles. The number of rotatable bonds is 7. The second kappa shape index (κ2) is 13.7. The molecule has 0 aliphatic carbocycles. The average molecular weight is 902 g/mol. The van der Waals surface area contributed by atoms with E-state index >= 15 is 0 Å². The number of anilines is 3. The molecule has 0 aliphatic heterocycles. The summed E-state index contributed by atoms with van der Waals surface area (Å²) in [6, 6.07) is 61.9. The van der Waals surface area contributed by atoms with E-state index in [2.05, 4.69) is 158 Å². The third-order valence-corrected chi connectivity index (χ3v) is 10.2. The molecular weight excluding hydrogens is 872 g/mol. The van der Waals surface area contributed by atoms with Gasteiger partial charge in [0.15, 0.2) is 0 Å². The van der Waals surface area contributed by atoms with Crippen LogP contribution in [0.1, 0.15) is 0 Å². The third kappa shape index (κ3) is 5.45. The predicted octanol–water partition coefficient (Wildman–Crippen LogP) is 10.7. The fourth-order valence-corrected chi connectivity index (χ4v) is 7.83. The first-order valence-corrected chi connectivity index (χ1v) is 18.1. The number of pyridine rings is 1. The van der Waals surface area contributed by atoms with Gasteiger partial charge in [-0.05, 0) is 47.8 Å². The number of hydrogen-bond acceptors (Lipinski definition) is 4. The number of fused-ring (bicyclic) bond motifs is 6. The minimum absolute atomic E-state index is 0. The Bertz CT molecular complexity index is 2860. The predicted molar refractivity (Wildman–Crippen MR) is 220 cm³/mol. The molecule has 5 aromatic heterocycles. The molecule has 0 unspecified atom stereocenters. The Labute approximate surface area is 336 Å². The van der Waals surface area contributed by atoms with E-state index in [9.17, 15) is 0 Å². The first kappa shape index (κ1) is 33.5. The zero-order chi connectivity index (χ0) is 36.3. The van der Waals surface area contributed by atoms with Crippen molar-refractivity contribution in [3.05, 3.63) is 195 Å². The monoisotopic (exact) mass is 901 g/mol. The molecule has 5 heterocycles. The number of aromatic nitrogens is 7. The Morgan fingerprint density at radius 1 is 0.446 bits per heavy atom. The molecule has 9 heteroatoms. The molecule has 0 bridgehead atoms. The van der Waals surface area contributed by atoms with Gasteiger partial charge in [-0.25, -0.2) is 4.98 Å². The van der Waals surface area contributed by atoms with Crippen LogP contribution in [0.4, 0.5) is 17.2 Å². The smallest absolute Gasteiger partial charge is 0.343 e. The molecule has 6 aromatic carbocycles. The van der Waals surface area contributed by atoms with Crippen LogP contribution in [0.2, 0.25) is 0 Å². The summed E-state index contributed by atoms with van der Waals surface area (Å²) < 4.78 is 8.25. The summed E-state index contributed by atoms with van der Waals surface area (Å²) in [6.45, 7) is 0. The molecule has 0 aliphatic rings. The average Bonchev–Trinajstić information content (AvgIpc) is 4.07. The summed E-state index contributed by atoms with van der Waals surface area (Å²) >= 11 is 0. The molecule has 56 heavy (non-hydrogen) atoms. The maximum absolute atomic E-state index is 5.57. The quantitative estimate of drug-likeness (QED) is 0.150. The van der Waals surface area contributed by atoms with Crippen molar-refractivity contribution in [2.24, 2.45) is 0 Å². The Morgan fingerprint density at radius 3 is 1.34 bits per heavy atom.